The lowest BCUT2D eigenvalue weighted by atomic mass is 9.83. The molecule has 1 aromatic rings. The van der Waals surface area contributed by atoms with Gasteiger partial charge in [-0.1, -0.05) is 50.0 Å². The number of nitrogens with zero attached hydrogens (tertiary/aromatic N) is 1. The Bertz CT molecular complexity index is 449. The van der Waals surface area contributed by atoms with Gasteiger partial charge in [-0.15, -0.1) is 0 Å². The molecule has 0 bridgehead atoms. The molecule has 0 aliphatic heterocycles. The average molecular weight is 332 g/mol. The summed E-state index contributed by atoms with van der Waals surface area (Å²) in [4.78, 5) is 2.45. The number of rotatable bonds is 8. The van der Waals surface area contributed by atoms with Gasteiger partial charge >= 0.3 is 0 Å². The van der Waals surface area contributed by atoms with Crippen LogP contribution in [0.1, 0.15) is 39.7 Å². The van der Waals surface area contributed by atoms with Crippen molar-refractivity contribution >= 4 is 23.2 Å². The zero-order valence-electron chi connectivity index (χ0n) is 13.4. The minimum absolute atomic E-state index is 0.00956. The van der Waals surface area contributed by atoms with E-state index in [2.05, 4.69) is 38.0 Å². The standard InChI is InChI=1S/C16H27Cl2N3/c1-5-16(4,21(6-2)7-3)15(20-19)11-12-8-9-13(17)14(18)10-12/h8-10,15,20H,5-7,11,19H2,1-4H3. The van der Waals surface area contributed by atoms with Gasteiger partial charge in [0.25, 0.3) is 0 Å². The van der Waals surface area contributed by atoms with Crippen LogP contribution in [-0.4, -0.2) is 29.6 Å². The lowest BCUT2D eigenvalue weighted by molar-refractivity contribution is 0.0701. The Morgan fingerprint density at radius 1 is 1.19 bits per heavy atom. The normalized spacial score (nSPS) is 16.0. The lowest BCUT2D eigenvalue weighted by Gasteiger charge is -2.45. The van der Waals surface area contributed by atoms with Gasteiger partial charge in [0.05, 0.1) is 10.0 Å². The first-order valence-electron chi connectivity index (χ1n) is 7.57. The maximum atomic E-state index is 6.11. The molecular formula is C16H27Cl2N3. The summed E-state index contributed by atoms with van der Waals surface area (Å²) < 4.78 is 0. The molecule has 2 unspecified atom stereocenters. The summed E-state index contributed by atoms with van der Waals surface area (Å²) >= 11 is 12.1. The van der Waals surface area contributed by atoms with Crippen molar-refractivity contribution in [1.82, 2.24) is 10.3 Å². The summed E-state index contributed by atoms with van der Waals surface area (Å²) in [6, 6.07) is 5.91. The van der Waals surface area contributed by atoms with Crippen LogP contribution in [0.5, 0.6) is 0 Å². The molecule has 1 rings (SSSR count). The van der Waals surface area contributed by atoms with Crippen LogP contribution in [0.2, 0.25) is 10.0 Å². The van der Waals surface area contributed by atoms with Crippen molar-refractivity contribution in [1.29, 1.82) is 0 Å². The number of hydrazine groups is 1. The monoisotopic (exact) mass is 331 g/mol. The number of nitrogens with one attached hydrogen (secondary N) is 1. The molecule has 0 amide bonds. The van der Waals surface area contributed by atoms with E-state index in [4.69, 9.17) is 29.0 Å². The molecule has 0 aromatic heterocycles. The van der Waals surface area contributed by atoms with Crippen LogP contribution in [0.15, 0.2) is 18.2 Å². The molecule has 0 saturated carbocycles. The fraction of sp³-hybridized carbons (Fsp3) is 0.625. The van der Waals surface area contributed by atoms with Gasteiger partial charge in [-0.2, -0.15) is 0 Å². The van der Waals surface area contributed by atoms with Crippen molar-refractivity contribution in [3.05, 3.63) is 33.8 Å². The second-order valence-corrected chi connectivity index (χ2v) is 6.37. The van der Waals surface area contributed by atoms with E-state index in [0.717, 1.165) is 31.5 Å². The molecule has 0 aliphatic rings. The molecule has 0 aliphatic carbocycles. The quantitative estimate of drug-likeness (QED) is 0.561. The Labute approximate surface area is 138 Å². The van der Waals surface area contributed by atoms with E-state index in [1.807, 2.05) is 18.2 Å². The third-order valence-electron chi connectivity index (χ3n) is 4.58. The minimum Gasteiger partial charge on any atom is -0.297 e. The maximum Gasteiger partial charge on any atom is 0.0595 e. The molecular weight excluding hydrogens is 305 g/mol. The molecule has 120 valence electrons. The van der Waals surface area contributed by atoms with E-state index in [1.54, 1.807) is 0 Å². The molecule has 0 heterocycles. The second-order valence-electron chi connectivity index (χ2n) is 5.55. The molecule has 0 fully saturated rings. The van der Waals surface area contributed by atoms with Crippen LogP contribution < -0.4 is 11.3 Å². The number of halogens is 2. The van der Waals surface area contributed by atoms with Crippen molar-refractivity contribution in [2.75, 3.05) is 13.1 Å². The summed E-state index contributed by atoms with van der Waals surface area (Å²) in [5.74, 6) is 5.86. The van der Waals surface area contributed by atoms with Crippen LogP contribution in [0.25, 0.3) is 0 Å². The van der Waals surface area contributed by atoms with Crippen LogP contribution in [0.4, 0.5) is 0 Å². The highest BCUT2D eigenvalue weighted by Crippen LogP contribution is 2.28. The SMILES string of the molecule is CCN(CC)C(C)(CC)C(Cc1ccc(Cl)c(Cl)c1)NN. The van der Waals surface area contributed by atoms with Gasteiger partial charge in [0.2, 0.25) is 0 Å². The van der Waals surface area contributed by atoms with E-state index in [9.17, 15) is 0 Å². The number of hydrogen-bond donors (Lipinski definition) is 2. The maximum absolute atomic E-state index is 6.11. The summed E-state index contributed by atoms with van der Waals surface area (Å²) in [6.07, 6.45) is 1.83. The highest BCUT2D eigenvalue weighted by molar-refractivity contribution is 6.42. The van der Waals surface area contributed by atoms with E-state index < -0.39 is 0 Å². The number of benzene rings is 1. The van der Waals surface area contributed by atoms with E-state index in [0.29, 0.717) is 10.0 Å². The molecule has 0 spiro atoms. The van der Waals surface area contributed by atoms with E-state index >= 15 is 0 Å². The first kappa shape index (κ1) is 18.7. The molecule has 1 aromatic carbocycles. The summed E-state index contributed by atoms with van der Waals surface area (Å²) in [7, 11) is 0. The van der Waals surface area contributed by atoms with Crippen LogP contribution in [0, 0.1) is 0 Å². The Balaban J connectivity index is 3.01. The highest BCUT2D eigenvalue weighted by atomic mass is 35.5. The van der Waals surface area contributed by atoms with Crippen LogP contribution in [0.3, 0.4) is 0 Å². The van der Waals surface area contributed by atoms with Gasteiger partial charge < -0.3 is 0 Å². The molecule has 5 heteroatoms. The topological polar surface area (TPSA) is 41.3 Å². The first-order valence-corrected chi connectivity index (χ1v) is 8.33. The van der Waals surface area contributed by atoms with E-state index in [1.165, 1.54) is 0 Å². The summed E-state index contributed by atoms with van der Waals surface area (Å²) in [5, 5.41) is 1.17. The van der Waals surface area contributed by atoms with Crippen molar-refractivity contribution in [2.24, 2.45) is 5.84 Å². The van der Waals surface area contributed by atoms with Gasteiger partial charge in [0, 0.05) is 11.6 Å². The van der Waals surface area contributed by atoms with Gasteiger partial charge in [0.1, 0.15) is 0 Å². The van der Waals surface area contributed by atoms with E-state index in [-0.39, 0.29) is 11.6 Å². The van der Waals surface area contributed by atoms with Crippen molar-refractivity contribution in [3.8, 4) is 0 Å². The van der Waals surface area contributed by atoms with Gasteiger partial charge in [-0.25, -0.2) is 0 Å². The first-order chi connectivity index (χ1) is 9.92. The smallest absolute Gasteiger partial charge is 0.0595 e. The zero-order chi connectivity index (χ0) is 16.0. The number of nitrogens with two attached hydrogens (primary N) is 1. The number of hydrogen-bond acceptors (Lipinski definition) is 3. The predicted molar refractivity (Wildman–Crippen MR) is 92.9 cm³/mol. The van der Waals surface area contributed by atoms with Crippen LogP contribution >= 0.6 is 23.2 Å². The van der Waals surface area contributed by atoms with Crippen molar-refractivity contribution in [2.45, 2.75) is 52.1 Å². The molecule has 0 saturated heterocycles. The average Bonchev–Trinajstić information content (AvgIpc) is 2.49. The largest absolute Gasteiger partial charge is 0.297 e. The fourth-order valence-electron chi connectivity index (χ4n) is 3.00. The summed E-state index contributed by atoms with van der Waals surface area (Å²) in [5.41, 5.74) is 4.14. The predicted octanol–water partition coefficient (Wildman–Crippen LogP) is 3.88. The minimum atomic E-state index is -0.00956. The Morgan fingerprint density at radius 2 is 1.81 bits per heavy atom. The Morgan fingerprint density at radius 3 is 2.24 bits per heavy atom. The Kier molecular flexibility index (Phi) is 7.45. The molecule has 3 nitrogen and oxygen atoms in total. The lowest BCUT2D eigenvalue weighted by Crippen LogP contribution is -2.61. The Hall–Kier alpha value is -0.320. The molecule has 0 radical (unpaired) electrons. The zero-order valence-corrected chi connectivity index (χ0v) is 14.9. The van der Waals surface area contributed by atoms with Gasteiger partial charge in [-0.3, -0.25) is 16.2 Å². The highest BCUT2D eigenvalue weighted by Gasteiger charge is 2.36. The molecule has 21 heavy (non-hydrogen) atoms. The third kappa shape index (κ3) is 4.33. The molecule has 2 atom stereocenters. The summed E-state index contributed by atoms with van der Waals surface area (Å²) in [6.45, 7) is 10.8. The second kappa shape index (κ2) is 8.35. The molecule has 3 N–H and O–H groups in total. The number of likely N-dealkylation sites (N-methyl/N-ethyl adjacent to an activating group) is 1. The van der Waals surface area contributed by atoms with Gasteiger partial charge in [0.15, 0.2) is 0 Å². The third-order valence-corrected chi connectivity index (χ3v) is 5.32. The van der Waals surface area contributed by atoms with Crippen molar-refractivity contribution < 1.29 is 0 Å². The van der Waals surface area contributed by atoms with Crippen LogP contribution in [-0.2, 0) is 6.42 Å². The van der Waals surface area contributed by atoms with Crippen molar-refractivity contribution in [3.63, 3.8) is 0 Å². The fourth-order valence-corrected chi connectivity index (χ4v) is 3.32. The van der Waals surface area contributed by atoms with Gasteiger partial charge in [-0.05, 0) is 50.6 Å².